The van der Waals surface area contributed by atoms with E-state index in [2.05, 4.69) is 22.4 Å². The maximum absolute atomic E-state index is 5.56. The van der Waals surface area contributed by atoms with Crippen LogP contribution in [0, 0.1) is 0 Å². The van der Waals surface area contributed by atoms with Crippen LogP contribution < -0.4 is 5.32 Å². The van der Waals surface area contributed by atoms with Crippen molar-refractivity contribution in [2.75, 3.05) is 20.2 Å². The molecule has 0 aliphatic carbocycles. The Kier molecular flexibility index (Phi) is 4.03. The van der Waals surface area contributed by atoms with Crippen molar-refractivity contribution in [1.29, 1.82) is 0 Å². The molecule has 0 saturated carbocycles. The third-order valence-electron chi connectivity index (χ3n) is 4.13. The van der Waals surface area contributed by atoms with E-state index in [-0.39, 0.29) is 11.5 Å². The minimum atomic E-state index is -0.288. The molecule has 1 saturated heterocycles. The molecule has 2 unspecified atom stereocenters. The van der Waals surface area contributed by atoms with Gasteiger partial charge in [-0.3, -0.25) is 0 Å². The third kappa shape index (κ3) is 2.84. The number of piperidine rings is 1. The molecule has 5 heteroatoms. The summed E-state index contributed by atoms with van der Waals surface area (Å²) >= 11 is 0. The Bertz CT molecular complexity index is 576. The number of benzene rings is 1. The molecular formula is C16H21N3O2. The Hall–Kier alpha value is -1.72. The summed E-state index contributed by atoms with van der Waals surface area (Å²) in [6, 6.07) is 9.96. The van der Waals surface area contributed by atoms with Crippen LogP contribution in [0.5, 0.6) is 0 Å². The average Bonchev–Trinajstić information content (AvgIpc) is 3.00. The van der Waals surface area contributed by atoms with E-state index in [0.29, 0.717) is 11.7 Å². The number of nitrogens with one attached hydrogen (secondary N) is 1. The molecule has 3 rings (SSSR count). The van der Waals surface area contributed by atoms with Crippen LogP contribution in [0.25, 0.3) is 0 Å². The average molecular weight is 287 g/mol. The maximum Gasteiger partial charge on any atom is 0.233 e. The van der Waals surface area contributed by atoms with Crippen LogP contribution in [0.1, 0.15) is 43.1 Å². The molecule has 5 nitrogen and oxygen atoms in total. The molecule has 0 radical (unpaired) electrons. The molecule has 2 atom stereocenters. The highest BCUT2D eigenvalue weighted by molar-refractivity contribution is 5.23. The Balaban J connectivity index is 1.86. The highest BCUT2D eigenvalue weighted by atomic mass is 16.5. The highest BCUT2D eigenvalue weighted by Crippen LogP contribution is 2.31. The third-order valence-corrected chi connectivity index (χ3v) is 4.13. The molecule has 1 aromatic heterocycles. The molecule has 1 aliphatic heterocycles. The maximum atomic E-state index is 5.56. The minimum Gasteiger partial charge on any atom is -0.369 e. The van der Waals surface area contributed by atoms with Crippen LogP contribution in [0.2, 0.25) is 0 Å². The number of nitrogens with zero attached hydrogens (tertiary/aromatic N) is 2. The van der Waals surface area contributed by atoms with Gasteiger partial charge in [0.2, 0.25) is 11.7 Å². The topological polar surface area (TPSA) is 60.2 Å². The van der Waals surface area contributed by atoms with E-state index in [9.17, 15) is 0 Å². The Labute approximate surface area is 124 Å². The van der Waals surface area contributed by atoms with Crippen LogP contribution in [0.15, 0.2) is 34.9 Å². The fraction of sp³-hybridized carbons (Fsp3) is 0.500. The lowest BCUT2D eigenvalue weighted by atomic mass is 9.83. The van der Waals surface area contributed by atoms with Crippen LogP contribution in [-0.2, 0) is 10.2 Å². The lowest BCUT2D eigenvalue weighted by Gasteiger charge is -2.30. The summed E-state index contributed by atoms with van der Waals surface area (Å²) < 4.78 is 11.1. The van der Waals surface area contributed by atoms with Crippen LogP contribution in [0.3, 0.4) is 0 Å². The fourth-order valence-electron chi connectivity index (χ4n) is 2.84. The van der Waals surface area contributed by atoms with Gasteiger partial charge in [-0.15, -0.1) is 0 Å². The van der Waals surface area contributed by atoms with Crippen LogP contribution in [-0.4, -0.2) is 30.3 Å². The highest BCUT2D eigenvalue weighted by Gasteiger charge is 2.35. The van der Waals surface area contributed by atoms with Crippen molar-refractivity contribution < 1.29 is 9.26 Å². The van der Waals surface area contributed by atoms with Crippen molar-refractivity contribution in [1.82, 2.24) is 15.5 Å². The van der Waals surface area contributed by atoms with Crippen molar-refractivity contribution in [3.05, 3.63) is 47.6 Å². The van der Waals surface area contributed by atoms with E-state index in [1.807, 2.05) is 30.3 Å². The summed E-state index contributed by atoms with van der Waals surface area (Å²) in [5.74, 6) is 1.29. The van der Waals surface area contributed by atoms with Crippen molar-refractivity contribution in [3.63, 3.8) is 0 Å². The summed E-state index contributed by atoms with van der Waals surface area (Å²) in [7, 11) is 1.66. The van der Waals surface area contributed by atoms with Gasteiger partial charge in [0, 0.05) is 13.7 Å². The fourth-order valence-corrected chi connectivity index (χ4v) is 2.84. The molecule has 2 aromatic rings. The second-order valence-electron chi connectivity index (χ2n) is 5.83. The summed E-state index contributed by atoms with van der Waals surface area (Å²) in [5, 5.41) is 7.54. The number of hydrogen-bond acceptors (Lipinski definition) is 5. The van der Waals surface area contributed by atoms with Gasteiger partial charge in [0.1, 0.15) is 6.10 Å². The van der Waals surface area contributed by atoms with Crippen molar-refractivity contribution in [2.45, 2.75) is 31.3 Å². The first-order valence-corrected chi connectivity index (χ1v) is 7.35. The molecule has 1 aliphatic rings. The molecule has 1 aromatic carbocycles. The first-order chi connectivity index (χ1) is 10.2. The predicted molar refractivity (Wildman–Crippen MR) is 79.0 cm³/mol. The van der Waals surface area contributed by atoms with E-state index in [0.717, 1.165) is 31.5 Å². The van der Waals surface area contributed by atoms with Gasteiger partial charge in [-0.2, -0.15) is 4.98 Å². The van der Waals surface area contributed by atoms with Gasteiger partial charge in [-0.05, 0) is 31.9 Å². The summed E-state index contributed by atoms with van der Waals surface area (Å²) in [4.78, 5) is 4.61. The van der Waals surface area contributed by atoms with Crippen LogP contribution >= 0.6 is 0 Å². The Morgan fingerprint density at radius 3 is 2.81 bits per heavy atom. The molecular weight excluding hydrogens is 266 g/mol. The molecule has 1 fully saturated rings. The van der Waals surface area contributed by atoms with E-state index >= 15 is 0 Å². The Morgan fingerprint density at radius 1 is 1.33 bits per heavy atom. The first-order valence-electron chi connectivity index (χ1n) is 7.35. The van der Waals surface area contributed by atoms with E-state index < -0.39 is 0 Å². The van der Waals surface area contributed by atoms with E-state index in [1.54, 1.807) is 7.11 Å². The monoisotopic (exact) mass is 287 g/mol. The number of rotatable bonds is 4. The van der Waals surface area contributed by atoms with Gasteiger partial charge in [0.15, 0.2) is 0 Å². The molecule has 21 heavy (non-hydrogen) atoms. The molecule has 0 spiro atoms. The largest absolute Gasteiger partial charge is 0.369 e. The van der Waals surface area contributed by atoms with Gasteiger partial charge < -0.3 is 14.6 Å². The van der Waals surface area contributed by atoms with Gasteiger partial charge in [-0.1, -0.05) is 35.5 Å². The minimum absolute atomic E-state index is 0.0848. The Morgan fingerprint density at radius 2 is 2.14 bits per heavy atom. The molecule has 2 heterocycles. The summed E-state index contributed by atoms with van der Waals surface area (Å²) in [6.45, 7) is 4.10. The normalized spacial score (nSPS) is 23.9. The summed E-state index contributed by atoms with van der Waals surface area (Å²) in [6.07, 6.45) is 1.90. The molecule has 0 amide bonds. The van der Waals surface area contributed by atoms with E-state index in [1.165, 1.54) is 0 Å². The summed E-state index contributed by atoms with van der Waals surface area (Å²) in [5.41, 5.74) is 0.942. The number of hydrogen-bond donors (Lipinski definition) is 1. The first kappa shape index (κ1) is 14.2. The van der Waals surface area contributed by atoms with Gasteiger partial charge in [0.05, 0.1) is 5.41 Å². The van der Waals surface area contributed by atoms with Crippen LogP contribution in [0.4, 0.5) is 0 Å². The lowest BCUT2D eigenvalue weighted by Crippen LogP contribution is -2.41. The number of aromatic nitrogens is 2. The SMILES string of the molecule is COC(c1ccccc1)c1noc(C2(C)CCCNC2)n1. The number of methoxy groups -OCH3 is 1. The van der Waals surface area contributed by atoms with Gasteiger partial charge in [-0.25, -0.2) is 0 Å². The smallest absolute Gasteiger partial charge is 0.233 e. The molecule has 0 bridgehead atoms. The van der Waals surface area contributed by atoms with E-state index in [4.69, 9.17) is 9.26 Å². The molecule has 1 N–H and O–H groups in total. The number of ether oxygens (including phenoxy) is 1. The zero-order valence-corrected chi connectivity index (χ0v) is 12.5. The quantitative estimate of drug-likeness (QED) is 0.936. The van der Waals surface area contributed by atoms with Gasteiger partial charge in [0.25, 0.3) is 0 Å². The van der Waals surface area contributed by atoms with Crippen molar-refractivity contribution in [2.24, 2.45) is 0 Å². The zero-order chi connectivity index (χ0) is 14.7. The van der Waals surface area contributed by atoms with Gasteiger partial charge >= 0.3 is 0 Å². The zero-order valence-electron chi connectivity index (χ0n) is 12.5. The standard InChI is InChI=1S/C16H21N3O2/c1-16(9-6-10-17-11-16)15-18-14(19-21-15)13(20-2)12-7-4-3-5-8-12/h3-5,7-8,13,17H,6,9-11H2,1-2H3. The van der Waals surface area contributed by atoms with Crippen molar-refractivity contribution >= 4 is 0 Å². The molecule has 112 valence electrons. The lowest BCUT2D eigenvalue weighted by molar-refractivity contribution is 0.126. The second kappa shape index (κ2) is 5.95. The van der Waals surface area contributed by atoms with Crippen molar-refractivity contribution in [3.8, 4) is 0 Å². The second-order valence-corrected chi connectivity index (χ2v) is 5.83. The predicted octanol–water partition coefficient (Wildman–Crippen LogP) is 2.45.